The van der Waals surface area contributed by atoms with Crippen molar-refractivity contribution in [2.45, 2.75) is 6.42 Å². The first-order chi connectivity index (χ1) is 8.50. The van der Waals surface area contributed by atoms with E-state index in [9.17, 15) is 14.4 Å². The molecule has 0 saturated carbocycles. The minimum atomic E-state index is -1.16. The molecular weight excluding hydrogens is 238 g/mol. The normalized spacial score (nSPS) is 13.4. The smallest absolute Gasteiger partial charge is 0.311 e. The van der Waals surface area contributed by atoms with E-state index in [1.165, 1.54) is 12.1 Å². The van der Waals surface area contributed by atoms with Gasteiger partial charge in [0, 0.05) is 0 Å². The molecule has 6 nitrogen and oxygen atoms in total. The number of nitrogens with zero attached hydrogens (tertiary/aromatic N) is 1. The highest BCUT2D eigenvalue weighted by Gasteiger charge is 2.37. The van der Waals surface area contributed by atoms with Crippen LogP contribution in [0.2, 0.25) is 0 Å². The van der Waals surface area contributed by atoms with E-state index in [2.05, 4.69) is 6.58 Å². The van der Waals surface area contributed by atoms with Crippen LogP contribution in [0.3, 0.4) is 0 Å². The van der Waals surface area contributed by atoms with Crippen LogP contribution in [0.4, 0.5) is 0 Å². The van der Waals surface area contributed by atoms with E-state index < -0.39 is 24.2 Å². The molecule has 92 valence electrons. The minimum absolute atomic E-state index is 0.183. The van der Waals surface area contributed by atoms with Gasteiger partial charge in [0.15, 0.2) is 0 Å². The van der Waals surface area contributed by atoms with Gasteiger partial charge in [0.1, 0.15) is 12.2 Å². The second kappa shape index (κ2) is 4.33. The van der Waals surface area contributed by atoms with Crippen molar-refractivity contribution < 1.29 is 24.3 Å². The first kappa shape index (κ1) is 11.8. The maximum atomic E-state index is 11.8. The number of carboxylic acids is 1. The minimum Gasteiger partial charge on any atom is -0.481 e. The Morgan fingerprint density at radius 1 is 1.22 bits per heavy atom. The van der Waals surface area contributed by atoms with Crippen LogP contribution in [-0.4, -0.2) is 28.0 Å². The predicted octanol–water partition coefficient (Wildman–Crippen LogP) is 1.20. The van der Waals surface area contributed by atoms with E-state index in [0.717, 1.165) is 0 Å². The van der Waals surface area contributed by atoms with Crippen LogP contribution in [0.5, 0.6) is 0 Å². The molecule has 0 saturated heterocycles. The van der Waals surface area contributed by atoms with Gasteiger partial charge in [-0.1, -0.05) is 23.8 Å². The van der Waals surface area contributed by atoms with Gasteiger partial charge in [-0.15, -0.1) is 0 Å². The highest BCUT2D eigenvalue weighted by molar-refractivity contribution is 6.20. The molecular formula is C12H9NO5. The number of fused-ring (bicyclic) bond motifs is 1. The molecule has 2 rings (SSSR count). The molecule has 0 spiro atoms. The van der Waals surface area contributed by atoms with Crippen molar-refractivity contribution in [2.75, 3.05) is 0 Å². The molecule has 0 radical (unpaired) electrons. The summed E-state index contributed by atoms with van der Waals surface area (Å²) in [7, 11) is 0. The Balaban J connectivity index is 2.19. The zero-order valence-corrected chi connectivity index (χ0v) is 9.25. The van der Waals surface area contributed by atoms with E-state index in [-0.39, 0.29) is 16.9 Å². The Morgan fingerprint density at radius 3 is 2.17 bits per heavy atom. The summed E-state index contributed by atoms with van der Waals surface area (Å²) in [4.78, 5) is 39.0. The highest BCUT2D eigenvalue weighted by Crippen LogP contribution is 2.24. The third-order valence-corrected chi connectivity index (χ3v) is 2.33. The molecule has 1 aromatic carbocycles. The van der Waals surface area contributed by atoms with Crippen LogP contribution in [0, 0.1) is 0 Å². The van der Waals surface area contributed by atoms with Crippen molar-refractivity contribution in [3.63, 3.8) is 0 Å². The van der Waals surface area contributed by atoms with Gasteiger partial charge in [-0.05, 0) is 12.1 Å². The Labute approximate surface area is 102 Å². The fraction of sp³-hybridized carbons (Fsp3) is 0.0833. The SMILES string of the molecule is C=C(CC(=O)O)ON1C(=O)c2ccccc2C1=O. The molecule has 0 fully saturated rings. The van der Waals surface area contributed by atoms with Crippen molar-refractivity contribution in [1.82, 2.24) is 5.06 Å². The lowest BCUT2D eigenvalue weighted by molar-refractivity contribution is -0.138. The van der Waals surface area contributed by atoms with Gasteiger partial charge in [0.25, 0.3) is 11.8 Å². The van der Waals surface area contributed by atoms with E-state index in [1.54, 1.807) is 12.1 Å². The molecule has 6 heteroatoms. The Kier molecular flexibility index (Phi) is 2.85. The summed E-state index contributed by atoms with van der Waals surface area (Å²) in [5.41, 5.74) is 0.455. The van der Waals surface area contributed by atoms with E-state index in [1.807, 2.05) is 0 Å². The van der Waals surface area contributed by atoms with Gasteiger partial charge in [-0.3, -0.25) is 14.4 Å². The van der Waals surface area contributed by atoms with Crippen LogP contribution >= 0.6 is 0 Å². The molecule has 1 N–H and O–H groups in total. The summed E-state index contributed by atoms with van der Waals surface area (Å²) in [6.07, 6.45) is -0.479. The van der Waals surface area contributed by atoms with Crippen LogP contribution in [0.15, 0.2) is 36.6 Å². The molecule has 0 bridgehead atoms. The Hall–Kier alpha value is -2.63. The lowest BCUT2D eigenvalue weighted by Gasteiger charge is -2.14. The fourth-order valence-electron chi connectivity index (χ4n) is 1.58. The zero-order chi connectivity index (χ0) is 13.3. The first-order valence-electron chi connectivity index (χ1n) is 5.06. The van der Waals surface area contributed by atoms with Crippen molar-refractivity contribution in [1.29, 1.82) is 0 Å². The second-order valence-electron chi connectivity index (χ2n) is 3.65. The third kappa shape index (κ3) is 1.95. The lowest BCUT2D eigenvalue weighted by Crippen LogP contribution is -2.29. The van der Waals surface area contributed by atoms with Crippen LogP contribution in [0.1, 0.15) is 27.1 Å². The van der Waals surface area contributed by atoms with Gasteiger partial charge >= 0.3 is 5.97 Å². The molecule has 1 aromatic rings. The van der Waals surface area contributed by atoms with Crippen molar-refractivity contribution >= 4 is 17.8 Å². The second-order valence-corrected chi connectivity index (χ2v) is 3.65. The molecule has 1 heterocycles. The van der Waals surface area contributed by atoms with Crippen molar-refractivity contribution in [3.8, 4) is 0 Å². The number of carbonyl (C=O) groups is 3. The fourth-order valence-corrected chi connectivity index (χ4v) is 1.58. The molecule has 18 heavy (non-hydrogen) atoms. The summed E-state index contributed by atoms with van der Waals surface area (Å²) in [5, 5.41) is 9.06. The average molecular weight is 247 g/mol. The summed E-state index contributed by atoms with van der Waals surface area (Å²) >= 11 is 0. The number of benzene rings is 1. The van der Waals surface area contributed by atoms with Gasteiger partial charge in [-0.2, -0.15) is 0 Å². The van der Waals surface area contributed by atoms with Gasteiger partial charge in [0.05, 0.1) is 11.1 Å². The maximum Gasteiger partial charge on any atom is 0.311 e. The standard InChI is InChI=1S/C12H9NO5/c1-7(6-10(14)15)18-13-11(16)8-4-2-3-5-9(8)12(13)17/h2-5H,1,6H2,(H,14,15). The molecule has 0 aliphatic carbocycles. The van der Waals surface area contributed by atoms with Crippen LogP contribution in [0.25, 0.3) is 0 Å². The predicted molar refractivity (Wildman–Crippen MR) is 59.4 cm³/mol. The summed E-state index contributed by atoms with van der Waals surface area (Å²) < 4.78 is 0. The number of amides is 2. The van der Waals surface area contributed by atoms with Crippen LogP contribution in [-0.2, 0) is 9.63 Å². The highest BCUT2D eigenvalue weighted by atomic mass is 16.7. The van der Waals surface area contributed by atoms with Gasteiger partial charge in [0.2, 0.25) is 0 Å². The van der Waals surface area contributed by atoms with Gasteiger partial charge < -0.3 is 9.94 Å². The molecule has 0 atom stereocenters. The van der Waals surface area contributed by atoms with E-state index in [0.29, 0.717) is 5.06 Å². The number of carbonyl (C=O) groups excluding carboxylic acids is 2. The number of carboxylic acid groups (broad SMARTS) is 1. The monoisotopic (exact) mass is 247 g/mol. The number of hydroxylamine groups is 2. The Bertz CT molecular complexity index is 528. The van der Waals surface area contributed by atoms with E-state index in [4.69, 9.17) is 9.94 Å². The number of hydrogen-bond donors (Lipinski definition) is 1. The summed E-state index contributed by atoms with van der Waals surface area (Å²) in [6, 6.07) is 6.25. The zero-order valence-electron chi connectivity index (χ0n) is 9.25. The molecule has 0 aromatic heterocycles. The lowest BCUT2D eigenvalue weighted by atomic mass is 10.1. The van der Waals surface area contributed by atoms with Gasteiger partial charge in [-0.25, -0.2) is 0 Å². The van der Waals surface area contributed by atoms with Crippen LogP contribution < -0.4 is 0 Å². The molecule has 1 aliphatic rings. The maximum absolute atomic E-state index is 11.8. The average Bonchev–Trinajstić information content (AvgIpc) is 2.54. The van der Waals surface area contributed by atoms with Crippen molar-refractivity contribution in [3.05, 3.63) is 47.7 Å². The van der Waals surface area contributed by atoms with E-state index >= 15 is 0 Å². The summed E-state index contributed by atoms with van der Waals surface area (Å²) in [6.45, 7) is 3.34. The van der Waals surface area contributed by atoms with Crippen molar-refractivity contribution in [2.24, 2.45) is 0 Å². The number of rotatable bonds is 4. The Morgan fingerprint density at radius 2 is 1.72 bits per heavy atom. The number of aliphatic carboxylic acids is 1. The molecule has 2 amide bonds. The third-order valence-electron chi connectivity index (χ3n) is 2.33. The number of imide groups is 1. The quantitative estimate of drug-likeness (QED) is 0.638. The molecule has 1 aliphatic heterocycles. The largest absolute Gasteiger partial charge is 0.481 e. The number of hydrogen-bond acceptors (Lipinski definition) is 4. The summed E-state index contributed by atoms with van der Waals surface area (Å²) in [5.74, 6) is -2.59. The topological polar surface area (TPSA) is 83.9 Å². The first-order valence-corrected chi connectivity index (χ1v) is 5.06. The molecule has 0 unspecified atom stereocenters.